The van der Waals surface area contributed by atoms with Gasteiger partial charge in [0.05, 0.1) is 17.9 Å². The van der Waals surface area contributed by atoms with Crippen LogP contribution in [0.1, 0.15) is 43.5 Å². The summed E-state index contributed by atoms with van der Waals surface area (Å²) in [6.07, 6.45) is 5.12. The van der Waals surface area contributed by atoms with Gasteiger partial charge in [-0.05, 0) is 25.2 Å². The Morgan fingerprint density at radius 2 is 2.22 bits per heavy atom. The molecular formula is C13H20N2O2S. The first-order chi connectivity index (χ1) is 8.70. The van der Waals surface area contributed by atoms with E-state index in [2.05, 4.69) is 11.9 Å². The highest BCUT2D eigenvalue weighted by atomic mass is 32.2. The molecule has 0 saturated carbocycles. The molecule has 0 spiro atoms. The molecular weight excluding hydrogens is 248 g/mol. The Kier molecular flexibility index (Phi) is 6.57. The van der Waals surface area contributed by atoms with Crippen LogP contribution in [0.4, 0.5) is 5.69 Å². The van der Waals surface area contributed by atoms with Gasteiger partial charge in [0, 0.05) is 6.20 Å². The summed E-state index contributed by atoms with van der Waals surface area (Å²) >= 11 is 1.59. The van der Waals surface area contributed by atoms with Gasteiger partial charge in [-0.3, -0.25) is 0 Å². The lowest BCUT2D eigenvalue weighted by atomic mass is 10.2. The van der Waals surface area contributed by atoms with Crippen LogP contribution in [0.3, 0.4) is 0 Å². The minimum Gasteiger partial charge on any atom is -0.462 e. The zero-order chi connectivity index (χ0) is 13.4. The van der Waals surface area contributed by atoms with E-state index in [1.807, 2.05) is 0 Å². The van der Waals surface area contributed by atoms with Gasteiger partial charge in [-0.15, -0.1) is 11.8 Å². The molecule has 2 N–H and O–H groups in total. The second-order valence-corrected chi connectivity index (χ2v) is 4.94. The first kappa shape index (κ1) is 14.8. The molecule has 1 rings (SSSR count). The Balaban J connectivity index is 2.69. The Morgan fingerprint density at radius 1 is 1.44 bits per heavy atom. The number of esters is 1. The van der Waals surface area contributed by atoms with Crippen LogP contribution in [-0.4, -0.2) is 23.3 Å². The molecule has 1 heterocycles. The van der Waals surface area contributed by atoms with Crippen LogP contribution in [-0.2, 0) is 4.74 Å². The van der Waals surface area contributed by atoms with Gasteiger partial charge < -0.3 is 10.5 Å². The number of aromatic nitrogens is 1. The van der Waals surface area contributed by atoms with Crippen molar-refractivity contribution in [1.29, 1.82) is 0 Å². The number of ether oxygens (including phenoxy) is 1. The number of nitrogen functional groups attached to an aromatic ring is 1. The standard InChI is InChI=1S/C13H20N2O2S/c1-3-5-6-9-18-12-11(14)10(7-8-15-12)13(16)17-4-2/h7-8H,3-6,9,14H2,1-2H3. The monoisotopic (exact) mass is 268 g/mol. The lowest BCUT2D eigenvalue weighted by molar-refractivity contribution is 0.0527. The molecule has 0 aliphatic heterocycles. The summed E-state index contributed by atoms with van der Waals surface area (Å²) in [4.78, 5) is 15.9. The van der Waals surface area contributed by atoms with E-state index in [1.165, 1.54) is 12.8 Å². The van der Waals surface area contributed by atoms with Crippen molar-refractivity contribution in [2.45, 2.75) is 38.1 Å². The fourth-order valence-electron chi connectivity index (χ4n) is 1.48. The molecule has 0 fully saturated rings. The zero-order valence-corrected chi connectivity index (χ0v) is 11.8. The fraction of sp³-hybridized carbons (Fsp3) is 0.538. The normalized spacial score (nSPS) is 10.3. The molecule has 0 aliphatic rings. The first-order valence-corrected chi connectivity index (χ1v) is 7.23. The van der Waals surface area contributed by atoms with E-state index in [9.17, 15) is 4.79 Å². The minimum absolute atomic E-state index is 0.347. The van der Waals surface area contributed by atoms with Crippen molar-refractivity contribution in [3.8, 4) is 0 Å². The van der Waals surface area contributed by atoms with Crippen molar-refractivity contribution in [1.82, 2.24) is 4.98 Å². The first-order valence-electron chi connectivity index (χ1n) is 6.25. The van der Waals surface area contributed by atoms with Gasteiger partial charge in [0.1, 0.15) is 5.03 Å². The number of pyridine rings is 1. The minimum atomic E-state index is -0.382. The third-order valence-corrected chi connectivity index (χ3v) is 3.53. The number of carbonyl (C=O) groups is 1. The molecule has 0 saturated heterocycles. The Bertz CT molecular complexity index is 397. The molecule has 18 heavy (non-hydrogen) atoms. The molecule has 0 aromatic carbocycles. The Morgan fingerprint density at radius 3 is 2.89 bits per heavy atom. The molecule has 0 unspecified atom stereocenters. The third kappa shape index (κ3) is 4.22. The molecule has 0 radical (unpaired) electrons. The number of hydrogen-bond acceptors (Lipinski definition) is 5. The molecule has 0 aliphatic carbocycles. The molecule has 1 aromatic rings. The summed E-state index contributed by atoms with van der Waals surface area (Å²) in [5, 5.41) is 0.719. The van der Waals surface area contributed by atoms with Crippen molar-refractivity contribution in [3.05, 3.63) is 17.8 Å². The molecule has 1 aromatic heterocycles. The van der Waals surface area contributed by atoms with E-state index >= 15 is 0 Å². The smallest absolute Gasteiger partial charge is 0.340 e. The summed E-state index contributed by atoms with van der Waals surface area (Å²) < 4.78 is 4.95. The zero-order valence-electron chi connectivity index (χ0n) is 10.9. The SMILES string of the molecule is CCCCCSc1nccc(C(=O)OCC)c1N. The van der Waals surface area contributed by atoms with Gasteiger partial charge in [0.2, 0.25) is 0 Å². The lowest BCUT2D eigenvalue weighted by Gasteiger charge is -2.08. The molecule has 4 nitrogen and oxygen atoms in total. The Labute approximate surface area is 112 Å². The van der Waals surface area contributed by atoms with Crippen molar-refractivity contribution in [3.63, 3.8) is 0 Å². The topological polar surface area (TPSA) is 65.2 Å². The van der Waals surface area contributed by atoms with Gasteiger partial charge in [-0.2, -0.15) is 0 Å². The average Bonchev–Trinajstić information content (AvgIpc) is 2.36. The van der Waals surface area contributed by atoms with Crippen LogP contribution in [0.25, 0.3) is 0 Å². The summed E-state index contributed by atoms with van der Waals surface area (Å²) in [5.41, 5.74) is 6.78. The molecule has 100 valence electrons. The summed E-state index contributed by atoms with van der Waals surface area (Å²) in [6.45, 7) is 4.29. The maximum atomic E-state index is 11.7. The number of rotatable bonds is 7. The maximum absolute atomic E-state index is 11.7. The molecule has 0 amide bonds. The van der Waals surface area contributed by atoms with Crippen LogP contribution >= 0.6 is 11.8 Å². The third-order valence-electron chi connectivity index (χ3n) is 2.44. The molecule has 0 bridgehead atoms. The van der Waals surface area contributed by atoms with Crippen molar-refractivity contribution >= 4 is 23.4 Å². The lowest BCUT2D eigenvalue weighted by Crippen LogP contribution is -2.09. The van der Waals surface area contributed by atoms with Crippen molar-refractivity contribution in [2.75, 3.05) is 18.1 Å². The van der Waals surface area contributed by atoms with Crippen molar-refractivity contribution in [2.24, 2.45) is 0 Å². The van der Waals surface area contributed by atoms with E-state index in [1.54, 1.807) is 30.9 Å². The second-order valence-electron chi connectivity index (χ2n) is 3.85. The second kappa shape index (κ2) is 7.97. The highest BCUT2D eigenvalue weighted by Gasteiger charge is 2.14. The number of thioether (sulfide) groups is 1. The predicted octanol–water partition coefficient (Wildman–Crippen LogP) is 3.12. The molecule has 0 atom stereocenters. The van der Waals surface area contributed by atoms with Crippen LogP contribution in [0.2, 0.25) is 0 Å². The Hall–Kier alpha value is -1.23. The fourth-order valence-corrected chi connectivity index (χ4v) is 2.42. The van der Waals surface area contributed by atoms with Crippen LogP contribution in [0.5, 0.6) is 0 Å². The van der Waals surface area contributed by atoms with Gasteiger partial charge in [0.25, 0.3) is 0 Å². The van der Waals surface area contributed by atoms with Crippen LogP contribution in [0, 0.1) is 0 Å². The van der Waals surface area contributed by atoms with E-state index in [0.717, 1.165) is 17.2 Å². The number of anilines is 1. The van der Waals surface area contributed by atoms with Crippen LogP contribution in [0.15, 0.2) is 17.3 Å². The van der Waals surface area contributed by atoms with Crippen LogP contribution < -0.4 is 5.73 Å². The summed E-state index contributed by atoms with van der Waals surface area (Å²) in [5.74, 6) is 0.588. The number of nitrogens with zero attached hydrogens (tertiary/aromatic N) is 1. The van der Waals surface area contributed by atoms with E-state index in [-0.39, 0.29) is 5.97 Å². The van der Waals surface area contributed by atoms with E-state index in [0.29, 0.717) is 17.9 Å². The number of carbonyl (C=O) groups excluding carboxylic acids is 1. The van der Waals surface area contributed by atoms with Gasteiger partial charge in [-0.25, -0.2) is 9.78 Å². The quantitative estimate of drug-likeness (QED) is 0.467. The molecule has 5 heteroatoms. The maximum Gasteiger partial charge on any atom is 0.340 e. The van der Waals surface area contributed by atoms with Gasteiger partial charge in [0.15, 0.2) is 0 Å². The average molecular weight is 268 g/mol. The van der Waals surface area contributed by atoms with Gasteiger partial charge >= 0.3 is 5.97 Å². The summed E-state index contributed by atoms with van der Waals surface area (Å²) in [7, 11) is 0. The van der Waals surface area contributed by atoms with Gasteiger partial charge in [-0.1, -0.05) is 19.8 Å². The van der Waals surface area contributed by atoms with E-state index in [4.69, 9.17) is 10.5 Å². The van der Waals surface area contributed by atoms with Crippen molar-refractivity contribution < 1.29 is 9.53 Å². The number of nitrogens with two attached hydrogens (primary N) is 1. The highest BCUT2D eigenvalue weighted by molar-refractivity contribution is 7.99. The summed E-state index contributed by atoms with van der Waals surface area (Å²) in [6, 6.07) is 1.60. The number of hydrogen-bond donors (Lipinski definition) is 1. The highest BCUT2D eigenvalue weighted by Crippen LogP contribution is 2.26. The number of unbranched alkanes of at least 4 members (excludes halogenated alkanes) is 2. The van der Waals surface area contributed by atoms with E-state index < -0.39 is 0 Å². The predicted molar refractivity (Wildman–Crippen MR) is 74.9 cm³/mol. The largest absolute Gasteiger partial charge is 0.462 e.